The minimum atomic E-state index is -4.39. The summed E-state index contributed by atoms with van der Waals surface area (Å²) in [4.78, 5) is 32.9. The van der Waals surface area contributed by atoms with E-state index in [1.165, 1.54) is 25.7 Å². The quantitative estimate of drug-likeness (QED) is 0.0455. The Kier molecular flexibility index (Phi) is 25.8. The highest BCUT2D eigenvalue weighted by Gasteiger charge is 2.23. The molecule has 0 bridgehead atoms. The van der Waals surface area contributed by atoms with E-state index in [4.69, 9.17) is 13.8 Å². The highest BCUT2D eigenvalue weighted by Crippen LogP contribution is 2.42. The fraction of sp³-hybridized carbons (Fsp3) is 0.667. The van der Waals surface area contributed by atoms with Crippen LogP contribution in [0.2, 0.25) is 0 Å². The first kappa shape index (κ1) is 38.0. The molecule has 10 heteroatoms. The molecule has 0 saturated carbocycles. The van der Waals surface area contributed by atoms with Gasteiger partial charge in [0, 0.05) is 19.4 Å². The molecule has 0 radical (unpaired) electrons. The van der Waals surface area contributed by atoms with Crippen LogP contribution in [0, 0.1) is 0 Å². The van der Waals surface area contributed by atoms with E-state index in [0.29, 0.717) is 12.8 Å². The number of carbonyl (C=O) groups is 2. The first-order valence-corrected chi connectivity index (χ1v) is 16.1. The average Bonchev–Trinajstić information content (AvgIpc) is 2.93. The van der Waals surface area contributed by atoms with E-state index in [9.17, 15) is 24.2 Å². The molecule has 230 valence electrons. The normalized spacial score (nSPS) is 14.4. The molecule has 9 nitrogen and oxygen atoms in total. The molecule has 0 aromatic carbocycles. The molecule has 0 saturated heterocycles. The van der Waals surface area contributed by atoms with Crippen LogP contribution < -0.4 is 5.32 Å². The van der Waals surface area contributed by atoms with E-state index >= 15 is 0 Å². The van der Waals surface area contributed by atoms with Crippen molar-refractivity contribution in [3.05, 3.63) is 48.6 Å². The molecule has 0 heterocycles. The number of carbonyl (C=O) groups excluding carboxylic acids is 2. The van der Waals surface area contributed by atoms with Crippen molar-refractivity contribution in [1.82, 2.24) is 5.32 Å². The summed E-state index contributed by atoms with van der Waals surface area (Å²) in [7, 11) is -4.39. The first-order valence-electron chi connectivity index (χ1n) is 14.6. The van der Waals surface area contributed by atoms with Crippen molar-refractivity contribution >= 4 is 19.7 Å². The Labute approximate surface area is 241 Å². The van der Waals surface area contributed by atoms with E-state index in [1.54, 1.807) is 0 Å². The van der Waals surface area contributed by atoms with Gasteiger partial charge in [0.25, 0.3) is 0 Å². The Hall–Kier alpha value is -2.03. The smallest absolute Gasteiger partial charge is 0.463 e. The second-order valence-electron chi connectivity index (χ2n) is 9.37. The van der Waals surface area contributed by atoms with Gasteiger partial charge in [-0.15, -0.1) is 0 Å². The molecule has 2 unspecified atom stereocenters. The summed E-state index contributed by atoms with van der Waals surface area (Å²) in [6, 6.07) is 0. The van der Waals surface area contributed by atoms with E-state index in [0.717, 1.165) is 38.5 Å². The summed E-state index contributed by atoms with van der Waals surface area (Å²) in [6.07, 6.45) is 27.3. The van der Waals surface area contributed by atoms with Crippen LogP contribution in [0.4, 0.5) is 0 Å². The van der Waals surface area contributed by atoms with Gasteiger partial charge in [-0.2, -0.15) is 0 Å². The summed E-state index contributed by atoms with van der Waals surface area (Å²) in [5, 5.41) is 12.4. The highest BCUT2D eigenvalue weighted by molar-refractivity contribution is 7.47. The number of phosphoric ester groups is 1. The van der Waals surface area contributed by atoms with Crippen molar-refractivity contribution in [3.63, 3.8) is 0 Å². The zero-order chi connectivity index (χ0) is 29.7. The van der Waals surface area contributed by atoms with Crippen LogP contribution >= 0.6 is 7.82 Å². The number of amides is 1. The highest BCUT2D eigenvalue weighted by atomic mass is 31.2. The fourth-order valence-corrected chi connectivity index (χ4v) is 3.99. The maximum atomic E-state index is 11.8. The molecule has 40 heavy (non-hydrogen) atoms. The number of unbranched alkanes of at least 4 members (excludes halogenated alkanes) is 5. The summed E-state index contributed by atoms with van der Waals surface area (Å²) < 4.78 is 26.3. The Morgan fingerprint density at radius 3 is 1.95 bits per heavy atom. The summed E-state index contributed by atoms with van der Waals surface area (Å²) in [5.74, 6) is -0.618. The molecule has 0 rings (SSSR count). The Morgan fingerprint density at radius 2 is 1.35 bits per heavy atom. The number of hydrogen-bond donors (Lipinski definition) is 3. The van der Waals surface area contributed by atoms with Crippen LogP contribution in [-0.4, -0.2) is 54.3 Å². The van der Waals surface area contributed by atoms with Crippen molar-refractivity contribution in [2.24, 2.45) is 0 Å². The molecular formula is C30H52NO8P. The number of hydrogen-bond acceptors (Lipinski definition) is 7. The van der Waals surface area contributed by atoms with Crippen molar-refractivity contribution in [2.75, 3.05) is 26.4 Å². The lowest BCUT2D eigenvalue weighted by molar-refractivity contribution is -0.147. The van der Waals surface area contributed by atoms with Crippen molar-refractivity contribution in [1.29, 1.82) is 0 Å². The predicted molar refractivity (Wildman–Crippen MR) is 160 cm³/mol. The number of phosphoric acid groups is 1. The number of aliphatic hydroxyl groups is 1. The average molecular weight is 586 g/mol. The molecule has 3 N–H and O–H groups in total. The molecule has 0 fully saturated rings. The van der Waals surface area contributed by atoms with Gasteiger partial charge in [0.15, 0.2) is 0 Å². The van der Waals surface area contributed by atoms with E-state index in [-0.39, 0.29) is 32.1 Å². The predicted octanol–water partition coefficient (Wildman–Crippen LogP) is 6.48. The van der Waals surface area contributed by atoms with Crippen LogP contribution in [0.3, 0.4) is 0 Å². The standard InChI is InChI=1S/C30H52NO8P/c1-3-5-7-8-9-10-11-12-13-14-15-16-17-18-19-20-21-23-30(34)37-26-28(32)27-39-40(35,36)38-25-24-31-29(33)22-6-4-2/h9-10,12-13,15-16,18-19,28,32H,3-8,11,14,17,20-27H2,1-2H3,(H,31,33)(H,35,36)/b10-9-,13-12-,16-15-,19-18-. The van der Waals surface area contributed by atoms with Crippen LogP contribution in [0.15, 0.2) is 48.6 Å². The van der Waals surface area contributed by atoms with Crippen molar-refractivity contribution in [3.8, 4) is 0 Å². The van der Waals surface area contributed by atoms with Gasteiger partial charge in [0.2, 0.25) is 5.91 Å². The maximum absolute atomic E-state index is 11.8. The number of nitrogens with one attached hydrogen (secondary N) is 1. The largest absolute Gasteiger partial charge is 0.472 e. The number of rotatable bonds is 26. The van der Waals surface area contributed by atoms with Gasteiger partial charge in [0.05, 0.1) is 13.2 Å². The second kappa shape index (κ2) is 27.2. The maximum Gasteiger partial charge on any atom is 0.472 e. The van der Waals surface area contributed by atoms with Crippen LogP contribution in [0.5, 0.6) is 0 Å². The Balaban J connectivity index is 3.77. The van der Waals surface area contributed by atoms with Gasteiger partial charge in [-0.3, -0.25) is 18.6 Å². The van der Waals surface area contributed by atoms with E-state index < -0.39 is 26.5 Å². The molecule has 1 amide bonds. The molecule has 0 aliphatic carbocycles. The third kappa shape index (κ3) is 27.5. The monoisotopic (exact) mass is 585 g/mol. The van der Waals surface area contributed by atoms with Crippen LogP contribution in [0.25, 0.3) is 0 Å². The second-order valence-corrected chi connectivity index (χ2v) is 10.8. The van der Waals surface area contributed by atoms with Gasteiger partial charge in [0.1, 0.15) is 12.7 Å². The number of esters is 1. The molecule has 0 aliphatic rings. The molecule has 0 aliphatic heterocycles. The molecule has 0 spiro atoms. The van der Waals surface area contributed by atoms with Crippen molar-refractivity contribution in [2.45, 2.75) is 103 Å². The van der Waals surface area contributed by atoms with Gasteiger partial charge >= 0.3 is 13.8 Å². The van der Waals surface area contributed by atoms with Crippen LogP contribution in [-0.2, 0) is 27.9 Å². The topological polar surface area (TPSA) is 131 Å². The molecule has 0 aromatic heterocycles. The lowest BCUT2D eigenvalue weighted by Crippen LogP contribution is -2.27. The van der Waals surface area contributed by atoms with E-state index in [1.807, 2.05) is 13.0 Å². The summed E-state index contributed by atoms with van der Waals surface area (Å²) in [6.45, 7) is 3.16. The van der Waals surface area contributed by atoms with Gasteiger partial charge in [-0.1, -0.05) is 81.7 Å². The van der Waals surface area contributed by atoms with Gasteiger partial charge in [-0.05, 0) is 51.4 Å². The number of allylic oxidation sites excluding steroid dienone is 8. The molecule has 2 atom stereocenters. The molecular weight excluding hydrogens is 533 g/mol. The van der Waals surface area contributed by atoms with Crippen molar-refractivity contribution < 1.29 is 37.9 Å². The minimum Gasteiger partial charge on any atom is -0.463 e. The zero-order valence-corrected chi connectivity index (χ0v) is 25.4. The SMILES string of the molecule is CCCCC/C=C\C/C=C\C/C=C\C/C=C\CCCC(=O)OCC(O)COP(=O)(O)OCCNC(=O)CCCC. The summed E-state index contributed by atoms with van der Waals surface area (Å²) in [5.41, 5.74) is 0. The summed E-state index contributed by atoms with van der Waals surface area (Å²) >= 11 is 0. The Morgan fingerprint density at radius 1 is 0.775 bits per heavy atom. The lowest BCUT2D eigenvalue weighted by atomic mass is 10.2. The van der Waals surface area contributed by atoms with Gasteiger partial charge in [-0.25, -0.2) is 4.57 Å². The van der Waals surface area contributed by atoms with Crippen LogP contribution in [0.1, 0.15) is 97.3 Å². The van der Waals surface area contributed by atoms with Gasteiger partial charge < -0.3 is 20.1 Å². The van der Waals surface area contributed by atoms with E-state index in [2.05, 4.69) is 54.8 Å². The molecule has 0 aromatic rings. The Bertz CT molecular complexity index is 810. The minimum absolute atomic E-state index is 0.0671. The number of aliphatic hydroxyl groups excluding tert-OH is 1. The third-order valence-corrected chi connectivity index (χ3v) is 6.50. The fourth-order valence-electron chi connectivity index (χ4n) is 3.23. The number of ether oxygens (including phenoxy) is 1. The third-order valence-electron chi connectivity index (χ3n) is 5.51. The lowest BCUT2D eigenvalue weighted by Gasteiger charge is -2.15. The first-order chi connectivity index (χ1) is 19.3. The zero-order valence-electron chi connectivity index (χ0n) is 24.5.